The number of amides is 2. The van der Waals surface area contributed by atoms with Crippen LogP contribution in [-0.4, -0.2) is 68.3 Å². The molecule has 1 aliphatic heterocycles. The van der Waals surface area contributed by atoms with Crippen LogP contribution in [-0.2, 0) is 0 Å². The third kappa shape index (κ3) is 6.10. The lowest BCUT2D eigenvalue weighted by Crippen LogP contribution is -2.44. The van der Waals surface area contributed by atoms with Crippen LogP contribution in [0.4, 0.5) is 33.5 Å². The molecule has 1 saturated heterocycles. The van der Waals surface area contributed by atoms with Gasteiger partial charge in [-0.15, -0.1) is 0 Å². The van der Waals surface area contributed by atoms with Crippen LogP contribution in [0.15, 0.2) is 48.8 Å². The molecule has 0 unspecified atom stereocenters. The Morgan fingerprint density at radius 1 is 0.914 bits per heavy atom. The number of methoxy groups -OCH3 is 2. The molecule has 0 aliphatic carbocycles. The van der Waals surface area contributed by atoms with Crippen molar-refractivity contribution in [2.45, 2.75) is 6.92 Å². The summed E-state index contributed by atoms with van der Waals surface area (Å²) < 4.78 is 10.6. The lowest BCUT2D eigenvalue weighted by Gasteiger charge is -2.34. The van der Waals surface area contributed by atoms with E-state index in [1.165, 1.54) is 12.0 Å². The molecular formula is C25H31N7O3. The SMILES string of the molecule is COc1cc(C)c(NC(=O)Nc2cc(Nc3cccc(N4CCN(C)CC4)c3)ncn2)cc1OC. The summed E-state index contributed by atoms with van der Waals surface area (Å²) in [6.07, 6.45) is 1.41. The molecule has 4 rings (SSSR count). The Kier molecular flexibility index (Phi) is 7.51. The van der Waals surface area contributed by atoms with E-state index in [1.807, 2.05) is 19.1 Å². The van der Waals surface area contributed by atoms with Crippen LogP contribution in [0.3, 0.4) is 0 Å². The monoisotopic (exact) mass is 477 g/mol. The maximum Gasteiger partial charge on any atom is 0.324 e. The fourth-order valence-electron chi connectivity index (χ4n) is 3.87. The maximum atomic E-state index is 12.6. The number of ether oxygens (including phenoxy) is 2. The van der Waals surface area contributed by atoms with E-state index in [9.17, 15) is 4.79 Å². The summed E-state index contributed by atoms with van der Waals surface area (Å²) in [4.78, 5) is 25.8. The lowest BCUT2D eigenvalue weighted by atomic mass is 10.1. The van der Waals surface area contributed by atoms with Crippen molar-refractivity contribution >= 4 is 34.7 Å². The lowest BCUT2D eigenvalue weighted by molar-refractivity contribution is 0.262. The van der Waals surface area contributed by atoms with Crippen LogP contribution in [0.2, 0.25) is 0 Å². The van der Waals surface area contributed by atoms with Gasteiger partial charge in [-0.3, -0.25) is 5.32 Å². The number of aromatic nitrogens is 2. The van der Waals surface area contributed by atoms with Gasteiger partial charge in [0.1, 0.15) is 18.0 Å². The Morgan fingerprint density at radius 2 is 1.63 bits per heavy atom. The zero-order chi connectivity index (χ0) is 24.8. The van der Waals surface area contributed by atoms with E-state index in [4.69, 9.17) is 9.47 Å². The Morgan fingerprint density at radius 3 is 2.37 bits per heavy atom. The van der Waals surface area contributed by atoms with Crippen molar-refractivity contribution in [1.82, 2.24) is 14.9 Å². The Hall–Kier alpha value is -4.05. The topological polar surface area (TPSA) is 104 Å². The molecule has 0 radical (unpaired) electrons. The van der Waals surface area contributed by atoms with Crippen molar-refractivity contribution in [2.75, 3.05) is 68.3 Å². The van der Waals surface area contributed by atoms with Gasteiger partial charge in [-0.2, -0.15) is 0 Å². The first-order valence-corrected chi connectivity index (χ1v) is 11.4. The predicted octanol–water partition coefficient (Wildman–Crippen LogP) is 3.94. The van der Waals surface area contributed by atoms with E-state index in [1.54, 1.807) is 32.4 Å². The molecule has 0 atom stereocenters. The van der Waals surface area contributed by atoms with Crippen molar-refractivity contribution in [3.05, 3.63) is 54.4 Å². The number of likely N-dealkylation sites (N-methyl/N-ethyl adjacent to an activating group) is 1. The summed E-state index contributed by atoms with van der Waals surface area (Å²) in [5.74, 6) is 2.07. The Bertz CT molecular complexity index is 1180. The zero-order valence-corrected chi connectivity index (χ0v) is 20.5. The van der Waals surface area contributed by atoms with Crippen LogP contribution in [0.1, 0.15) is 5.56 Å². The number of benzene rings is 2. The number of carbonyl (C=O) groups is 1. The third-order valence-corrected chi connectivity index (χ3v) is 5.87. The second-order valence-corrected chi connectivity index (χ2v) is 8.36. The van der Waals surface area contributed by atoms with E-state index in [0.717, 1.165) is 37.4 Å². The minimum Gasteiger partial charge on any atom is -0.493 e. The second-order valence-electron chi connectivity index (χ2n) is 8.36. The van der Waals surface area contributed by atoms with Gasteiger partial charge in [0, 0.05) is 55.4 Å². The molecule has 1 aliphatic rings. The Labute approximate surface area is 205 Å². The molecule has 0 bridgehead atoms. The summed E-state index contributed by atoms with van der Waals surface area (Å²) in [5, 5.41) is 8.88. The molecule has 184 valence electrons. The molecule has 2 heterocycles. The van der Waals surface area contributed by atoms with Crippen LogP contribution in [0, 0.1) is 6.92 Å². The van der Waals surface area contributed by atoms with Gasteiger partial charge in [-0.25, -0.2) is 14.8 Å². The number of carbonyl (C=O) groups excluding carboxylic acids is 1. The van der Waals surface area contributed by atoms with Gasteiger partial charge in [0.25, 0.3) is 0 Å². The van der Waals surface area contributed by atoms with E-state index in [-0.39, 0.29) is 0 Å². The van der Waals surface area contributed by atoms with Crippen LogP contribution >= 0.6 is 0 Å². The number of hydrogen-bond acceptors (Lipinski definition) is 8. The first-order chi connectivity index (χ1) is 16.9. The average Bonchev–Trinajstić information content (AvgIpc) is 2.86. The fraction of sp³-hybridized carbons (Fsp3) is 0.320. The van der Waals surface area contributed by atoms with Crippen molar-refractivity contribution < 1.29 is 14.3 Å². The van der Waals surface area contributed by atoms with Gasteiger partial charge in [-0.05, 0) is 43.8 Å². The smallest absolute Gasteiger partial charge is 0.324 e. The molecule has 10 nitrogen and oxygen atoms in total. The van der Waals surface area contributed by atoms with Gasteiger partial charge in [0.2, 0.25) is 0 Å². The highest BCUT2D eigenvalue weighted by Crippen LogP contribution is 2.33. The third-order valence-electron chi connectivity index (χ3n) is 5.87. The van der Waals surface area contributed by atoms with E-state index in [0.29, 0.717) is 28.8 Å². The molecule has 3 N–H and O–H groups in total. The van der Waals surface area contributed by atoms with E-state index < -0.39 is 6.03 Å². The van der Waals surface area contributed by atoms with Crippen LogP contribution < -0.4 is 30.3 Å². The summed E-state index contributed by atoms with van der Waals surface area (Å²) in [7, 11) is 5.26. The molecule has 0 saturated carbocycles. The van der Waals surface area contributed by atoms with Gasteiger partial charge in [-0.1, -0.05) is 6.07 Å². The molecule has 1 fully saturated rings. The largest absolute Gasteiger partial charge is 0.493 e. The normalized spacial score (nSPS) is 13.8. The number of urea groups is 1. The number of rotatable bonds is 7. The highest BCUT2D eigenvalue weighted by Gasteiger charge is 2.15. The summed E-state index contributed by atoms with van der Waals surface area (Å²) in [6.45, 7) is 5.96. The summed E-state index contributed by atoms with van der Waals surface area (Å²) in [5.41, 5.74) is 3.52. The molecular weight excluding hydrogens is 446 g/mol. The average molecular weight is 478 g/mol. The number of anilines is 5. The molecule has 3 aromatic rings. The second kappa shape index (κ2) is 10.9. The number of nitrogens with zero attached hydrogens (tertiary/aromatic N) is 4. The Balaban J connectivity index is 1.41. The first kappa shape index (κ1) is 24.1. The van der Waals surface area contributed by atoms with Crippen molar-refractivity contribution in [3.63, 3.8) is 0 Å². The summed E-state index contributed by atoms with van der Waals surface area (Å²) >= 11 is 0. The van der Waals surface area contributed by atoms with Crippen molar-refractivity contribution in [3.8, 4) is 11.5 Å². The van der Waals surface area contributed by atoms with Gasteiger partial charge >= 0.3 is 6.03 Å². The zero-order valence-electron chi connectivity index (χ0n) is 20.5. The maximum absolute atomic E-state index is 12.6. The van der Waals surface area contributed by atoms with Crippen LogP contribution in [0.5, 0.6) is 11.5 Å². The number of aryl methyl sites for hydroxylation is 1. The van der Waals surface area contributed by atoms with Crippen molar-refractivity contribution in [2.24, 2.45) is 0 Å². The minimum atomic E-state index is -0.429. The minimum absolute atomic E-state index is 0.369. The molecule has 1 aromatic heterocycles. The fourth-order valence-corrected chi connectivity index (χ4v) is 3.87. The van der Waals surface area contributed by atoms with E-state index in [2.05, 4.69) is 54.9 Å². The van der Waals surface area contributed by atoms with Crippen molar-refractivity contribution in [1.29, 1.82) is 0 Å². The molecule has 35 heavy (non-hydrogen) atoms. The van der Waals surface area contributed by atoms with Crippen LogP contribution in [0.25, 0.3) is 0 Å². The summed E-state index contributed by atoms with van der Waals surface area (Å²) in [6, 6.07) is 13.0. The predicted molar refractivity (Wildman–Crippen MR) is 138 cm³/mol. The molecule has 10 heteroatoms. The quantitative estimate of drug-likeness (QED) is 0.470. The molecule has 2 amide bonds. The molecule has 2 aromatic carbocycles. The standard InChI is InChI=1S/C25H31N7O3/c1-17-12-21(34-3)22(35-4)14-20(17)29-25(33)30-24-15-23(26-16-27-24)28-18-6-5-7-19(13-18)32-10-8-31(2)9-11-32/h5-7,12-16H,8-11H2,1-4H3,(H3,26,27,28,29,30,33). The number of piperazine rings is 1. The first-order valence-electron chi connectivity index (χ1n) is 11.4. The molecule has 0 spiro atoms. The number of hydrogen-bond donors (Lipinski definition) is 3. The van der Waals surface area contributed by atoms with Gasteiger partial charge < -0.3 is 29.9 Å². The van der Waals surface area contributed by atoms with E-state index >= 15 is 0 Å². The highest BCUT2D eigenvalue weighted by atomic mass is 16.5. The van der Waals surface area contributed by atoms with Gasteiger partial charge in [0.05, 0.1) is 14.2 Å². The number of nitrogens with one attached hydrogen (secondary N) is 3. The van der Waals surface area contributed by atoms with Gasteiger partial charge in [0.15, 0.2) is 11.5 Å². The highest BCUT2D eigenvalue weighted by molar-refractivity contribution is 6.00.